The molecule has 0 fully saturated rings. The van der Waals surface area contributed by atoms with Gasteiger partial charge in [0.15, 0.2) is 0 Å². The number of amides is 1. The second-order valence-corrected chi connectivity index (χ2v) is 3.89. The fraction of sp³-hybridized carbons (Fsp3) is 0.273. The zero-order valence-electron chi connectivity index (χ0n) is 9.64. The van der Waals surface area contributed by atoms with E-state index in [1.54, 1.807) is 24.5 Å². The number of carbonyl (C=O) groups is 1. The molecule has 0 aliphatic carbocycles. The molecule has 0 radical (unpaired) electrons. The highest BCUT2D eigenvalue weighted by molar-refractivity contribution is 6.01. The lowest BCUT2D eigenvalue weighted by molar-refractivity contribution is 0.101. The summed E-state index contributed by atoms with van der Waals surface area (Å²) in [7, 11) is 0. The molecule has 0 unspecified atom stereocenters. The Morgan fingerprint density at radius 2 is 2.06 bits per heavy atom. The molecule has 88 valence electrons. The number of aromatic amines is 1. The van der Waals surface area contributed by atoms with E-state index in [1.165, 1.54) is 0 Å². The number of H-pyrrole nitrogens is 1. The third-order valence-electron chi connectivity index (χ3n) is 2.19. The second kappa shape index (κ2) is 4.73. The molecule has 0 saturated heterocycles. The number of nitrogens with zero attached hydrogens (tertiary/aromatic N) is 3. The van der Waals surface area contributed by atoms with Gasteiger partial charge in [0, 0.05) is 24.0 Å². The molecule has 2 aromatic rings. The molecule has 0 bridgehead atoms. The van der Waals surface area contributed by atoms with E-state index in [0.717, 1.165) is 0 Å². The summed E-state index contributed by atoms with van der Waals surface area (Å²) in [4.78, 5) is 19.7. The van der Waals surface area contributed by atoms with Crippen LogP contribution in [0.2, 0.25) is 0 Å². The van der Waals surface area contributed by atoms with Crippen LogP contribution in [0.15, 0.2) is 24.5 Å². The first-order chi connectivity index (χ1) is 8.16. The molecule has 17 heavy (non-hydrogen) atoms. The summed E-state index contributed by atoms with van der Waals surface area (Å²) in [5, 5.41) is 9.29. The molecule has 0 aliphatic heterocycles. The molecular formula is C11H13N5O. The van der Waals surface area contributed by atoms with E-state index in [2.05, 4.69) is 25.5 Å². The Hall–Kier alpha value is -2.24. The van der Waals surface area contributed by atoms with Crippen molar-refractivity contribution in [3.05, 3.63) is 36.2 Å². The van der Waals surface area contributed by atoms with Crippen LogP contribution in [0.5, 0.6) is 0 Å². The monoisotopic (exact) mass is 231 g/mol. The summed E-state index contributed by atoms with van der Waals surface area (Å²) in [6.07, 6.45) is 3.21. The minimum absolute atomic E-state index is 0.144. The minimum Gasteiger partial charge on any atom is -0.319 e. The van der Waals surface area contributed by atoms with Crippen LogP contribution in [0.4, 0.5) is 5.69 Å². The van der Waals surface area contributed by atoms with E-state index in [-0.39, 0.29) is 17.6 Å². The Morgan fingerprint density at radius 3 is 2.65 bits per heavy atom. The first kappa shape index (κ1) is 11.3. The zero-order chi connectivity index (χ0) is 12.3. The maximum absolute atomic E-state index is 11.8. The quantitative estimate of drug-likeness (QED) is 0.839. The largest absolute Gasteiger partial charge is 0.319 e. The third-order valence-corrected chi connectivity index (χ3v) is 2.19. The number of rotatable bonds is 3. The van der Waals surface area contributed by atoms with Gasteiger partial charge in [-0.3, -0.25) is 14.9 Å². The molecule has 2 N–H and O–H groups in total. The highest BCUT2D eigenvalue weighted by Crippen LogP contribution is 2.09. The molecule has 1 amide bonds. The van der Waals surface area contributed by atoms with E-state index in [4.69, 9.17) is 0 Å². The summed E-state index contributed by atoms with van der Waals surface area (Å²) in [5.41, 5.74) is 0.667. The number of nitrogens with one attached hydrogen (secondary N) is 2. The number of carbonyl (C=O) groups excluding carboxylic acids is 1. The van der Waals surface area contributed by atoms with Gasteiger partial charge in [-0.05, 0) is 12.1 Å². The maximum atomic E-state index is 11.8. The lowest BCUT2D eigenvalue weighted by Gasteiger charge is -2.00. The topological polar surface area (TPSA) is 83.6 Å². The van der Waals surface area contributed by atoms with Crippen molar-refractivity contribution in [3.8, 4) is 0 Å². The van der Waals surface area contributed by atoms with E-state index in [0.29, 0.717) is 11.5 Å². The number of anilines is 1. The van der Waals surface area contributed by atoms with Gasteiger partial charge in [-0.15, -0.1) is 5.10 Å². The van der Waals surface area contributed by atoms with Gasteiger partial charge < -0.3 is 5.32 Å². The first-order valence-electron chi connectivity index (χ1n) is 5.30. The lowest BCUT2D eigenvalue weighted by atomic mass is 10.2. The van der Waals surface area contributed by atoms with Crippen molar-refractivity contribution in [2.24, 2.45) is 0 Å². The SMILES string of the molecule is CC(C)c1nc(C(=O)Nc2ccncc2)n[nH]1. The number of hydrogen-bond acceptors (Lipinski definition) is 4. The Morgan fingerprint density at radius 1 is 1.35 bits per heavy atom. The molecule has 6 nitrogen and oxygen atoms in total. The van der Waals surface area contributed by atoms with Crippen molar-refractivity contribution >= 4 is 11.6 Å². The highest BCUT2D eigenvalue weighted by Gasteiger charge is 2.13. The van der Waals surface area contributed by atoms with Crippen molar-refractivity contribution < 1.29 is 4.79 Å². The zero-order valence-corrected chi connectivity index (χ0v) is 9.64. The van der Waals surface area contributed by atoms with Gasteiger partial charge in [0.1, 0.15) is 5.82 Å². The molecule has 0 aromatic carbocycles. The van der Waals surface area contributed by atoms with Crippen molar-refractivity contribution in [1.82, 2.24) is 20.2 Å². The van der Waals surface area contributed by atoms with Crippen molar-refractivity contribution in [2.45, 2.75) is 19.8 Å². The fourth-order valence-corrected chi connectivity index (χ4v) is 1.26. The van der Waals surface area contributed by atoms with E-state index >= 15 is 0 Å². The first-order valence-corrected chi connectivity index (χ1v) is 5.30. The van der Waals surface area contributed by atoms with Gasteiger partial charge in [0.2, 0.25) is 5.82 Å². The molecule has 2 rings (SSSR count). The van der Waals surface area contributed by atoms with Crippen molar-refractivity contribution in [1.29, 1.82) is 0 Å². The average Bonchev–Trinajstić information content (AvgIpc) is 2.79. The van der Waals surface area contributed by atoms with Crippen molar-refractivity contribution in [2.75, 3.05) is 5.32 Å². The molecule has 6 heteroatoms. The third kappa shape index (κ3) is 2.66. The molecule has 2 heterocycles. The predicted octanol–water partition coefficient (Wildman–Crippen LogP) is 1.58. The standard InChI is InChI=1S/C11H13N5O/c1-7(2)9-14-10(16-15-9)11(17)13-8-3-5-12-6-4-8/h3-7H,1-2H3,(H,12,13,17)(H,14,15,16). The minimum atomic E-state index is -0.334. The fourth-order valence-electron chi connectivity index (χ4n) is 1.26. The average molecular weight is 231 g/mol. The number of hydrogen-bond donors (Lipinski definition) is 2. The maximum Gasteiger partial charge on any atom is 0.295 e. The molecule has 0 spiro atoms. The predicted molar refractivity (Wildman–Crippen MR) is 62.7 cm³/mol. The molecular weight excluding hydrogens is 218 g/mol. The Balaban J connectivity index is 2.10. The Bertz CT molecular complexity index is 506. The van der Waals surface area contributed by atoms with Crippen LogP contribution in [-0.2, 0) is 0 Å². The second-order valence-electron chi connectivity index (χ2n) is 3.89. The van der Waals surface area contributed by atoms with Gasteiger partial charge >= 0.3 is 0 Å². The summed E-state index contributed by atoms with van der Waals surface area (Å²) in [5.74, 6) is 0.722. The van der Waals surface area contributed by atoms with Gasteiger partial charge in [0.05, 0.1) is 0 Å². The van der Waals surface area contributed by atoms with E-state index < -0.39 is 0 Å². The summed E-state index contributed by atoms with van der Waals surface area (Å²) >= 11 is 0. The van der Waals surface area contributed by atoms with Crippen LogP contribution in [0.25, 0.3) is 0 Å². The summed E-state index contributed by atoms with van der Waals surface area (Å²) in [6.45, 7) is 3.95. The van der Waals surface area contributed by atoms with Gasteiger partial charge in [-0.25, -0.2) is 4.98 Å². The normalized spacial score (nSPS) is 10.5. The lowest BCUT2D eigenvalue weighted by Crippen LogP contribution is -2.13. The van der Waals surface area contributed by atoms with Crippen LogP contribution >= 0.6 is 0 Å². The summed E-state index contributed by atoms with van der Waals surface area (Å²) < 4.78 is 0. The number of aromatic nitrogens is 4. The van der Waals surface area contributed by atoms with Gasteiger partial charge in [-0.1, -0.05) is 13.8 Å². The Kier molecular flexibility index (Phi) is 3.13. The molecule has 0 atom stereocenters. The number of pyridine rings is 1. The van der Waals surface area contributed by atoms with Crippen LogP contribution in [-0.4, -0.2) is 26.1 Å². The van der Waals surface area contributed by atoms with Crippen LogP contribution in [0, 0.1) is 0 Å². The van der Waals surface area contributed by atoms with Crippen LogP contribution in [0.3, 0.4) is 0 Å². The molecule has 0 aliphatic rings. The van der Waals surface area contributed by atoms with E-state index in [9.17, 15) is 4.79 Å². The Labute approximate surface area is 98.5 Å². The van der Waals surface area contributed by atoms with E-state index in [1.807, 2.05) is 13.8 Å². The molecule has 0 saturated carbocycles. The van der Waals surface area contributed by atoms with Crippen molar-refractivity contribution in [3.63, 3.8) is 0 Å². The van der Waals surface area contributed by atoms with Gasteiger partial charge in [-0.2, -0.15) is 0 Å². The summed E-state index contributed by atoms with van der Waals surface area (Å²) in [6, 6.07) is 3.40. The smallest absolute Gasteiger partial charge is 0.295 e. The van der Waals surface area contributed by atoms with Gasteiger partial charge in [0.25, 0.3) is 5.91 Å². The van der Waals surface area contributed by atoms with Crippen LogP contribution in [0.1, 0.15) is 36.2 Å². The molecule has 2 aromatic heterocycles. The highest BCUT2D eigenvalue weighted by atomic mass is 16.2. The van der Waals surface area contributed by atoms with Crippen LogP contribution < -0.4 is 5.32 Å².